The summed E-state index contributed by atoms with van der Waals surface area (Å²) in [5, 5.41) is 0. The van der Waals surface area contributed by atoms with E-state index in [0.717, 1.165) is 31.5 Å². The van der Waals surface area contributed by atoms with Crippen LogP contribution in [0.3, 0.4) is 0 Å². The van der Waals surface area contributed by atoms with Gasteiger partial charge in [0.15, 0.2) is 0 Å². The molecule has 0 aromatic carbocycles. The maximum absolute atomic E-state index is 6.06. The van der Waals surface area contributed by atoms with Crippen LogP contribution < -0.4 is 17.0 Å². The van der Waals surface area contributed by atoms with Gasteiger partial charge in [-0.05, 0) is 32.0 Å². The summed E-state index contributed by atoms with van der Waals surface area (Å²) in [4.78, 5) is 6.67. The number of nitrogens with two attached hydrogens (primary N) is 2. The first-order valence-electron chi connectivity index (χ1n) is 7.52. The Labute approximate surface area is 122 Å². The van der Waals surface area contributed by atoms with Gasteiger partial charge in [-0.25, -0.2) is 4.98 Å². The molecule has 0 radical (unpaired) electrons. The van der Waals surface area contributed by atoms with E-state index in [-0.39, 0.29) is 11.6 Å². The van der Waals surface area contributed by atoms with Crippen LogP contribution in [-0.4, -0.2) is 28.5 Å². The Kier molecular flexibility index (Phi) is 6.39. The number of hydrazine groups is 1. The molecule has 0 saturated heterocycles. The van der Waals surface area contributed by atoms with Gasteiger partial charge in [0.2, 0.25) is 0 Å². The lowest BCUT2D eigenvalue weighted by Crippen LogP contribution is -2.57. The fraction of sp³-hybridized carbons (Fsp3) is 0.667. The number of rotatable bonds is 8. The first-order valence-corrected chi connectivity index (χ1v) is 7.52. The molecule has 0 aliphatic heterocycles. The lowest BCUT2D eigenvalue weighted by molar-refractivity contribution is 0.0488. The number of hydrogen-bond donors (Lipinski definition) is 3. The number of nitrogen functional groups attached to an aromatic ring is 1. The molecule has 1 aromatic heterocycles. The molecule has 5 heteroatoms. The smallest absolute Gasteiger partial charge is 0.128 e. The second-order valence-corrected chi connectivity index (χ2v) is 5.06. The van der Waals surface area contributed by atoms with E-state index in [0.29, 0.717) is 5.82 Å². The average molecular weight is 279 g/mol. The van der Waals surface area contributed by atoms with E-state index in [1.54, 1.807) is 6.20 Å². The molecular weight excluding hydrogens is 250 g/mol. The van der Waals surface area contributed by atoms with Gasteiger partial charge in [-0.15, -0.1) is 0 Å². The minimum absolute atomic E-state index is 0.0360. The van der Waals surface area contributed by atoms with E-state index in [1.807, 2.05) is 12.1 Å². The van der Waals surface area contributed by atoms with Crippen LogP contribution in [0.2, 0.25) is 0 Å². The normalized spacial score (nSPS) is 13.7. The van der Waals surface area contributed by atoms with E-state index in [2.05, 4.69) is 43.0 Å². The SMILES string of the molecule is CCN(CC)C(CC)(CC)C(NN)c1cccnc1N. The van der Waals surface area contributed by atoms with Gasteiger partial charge in [-0.1, -0.05) is 33.8 Å². The first-order chi connectivity index (χ1) is 9.61. The molecule has 1 unspecified atom stereocenters. The first kappa shape index (κ1) is 16.9. The molecule has 0 fully saturated rings. The highest BCUT2D eigenvalue weighted by atomic mass is 15.3. The maximum Gasteiger partial charge on any atom is 0.128 e. The fourth-order valence-electron chi connectivity index (χ4n) is 3.35. The van der Waals surface area contributed by atoms with Crippen molar-refractivity contribution in [2.45, 2.75) is 52.1 Å². The molecule has 0 amide bonds. The van der Waals surface area contributed by atoms with Gasteiger partial charge in [0.25, 0.3) is 0 Å². The molecule has 1 rings (SSSR count). The van der Waals surface area contributed by atoms with Crippen LogP contribution in [0.25, 0.3) is 0 Å². The molecule has 1 atom stereocenters. The summed E-state index contributed by atoms with van der Waals surface area (Å²) in [6.07, 6.45) is 3.70. The Morgan fingerprint density at radius 3 is 2.25 bits per heavy atom. The highest BCUT2D eigenvalue weighted by Gasteiger charge is 2.41. The summed E-state index contributed by atoms with van der Waals surface area (Å²) in [7, 11) is 0. The van der Waals surface area contributed by atoms with Crippen LogP contribution in [0.5, 0.6) is 0 Å². The predicted octanol–water partition coefficient (Wildman–Crippen LogP) is 2.07. The van der Waals surface area contributed by atoms with Crippen LogP contribution >= 0.6 is 0 Å². The molecule has 0 spiro atoms. The van der Waals surface area contributed by atoms with E-state index in [4.69, 9.17) is 11.6 Å². The standard InChI is InChI=1S/C15H29N5/c1-5-15(6-2,20(7-3)8-4)13(19-17)12-10-9-11-18-14(12)16/h9-11,13,19H,5-8,17H2,1-4H3,(H2,16,18). The van der Waals surface area contributed by atoms with E-state index >= 15 is 0 Å². The lowest BCUT2D eigenvalue weighted by Gasteiger charge is -2.48. The zero-order valence-electron chi connectivity index (χ0n) is 13.2. The third kappa shape index (κ3) is 2.95. The van der Waals surface area contributed by atoms with Crippen molar-refractivity contribution in [1.82, 2.24) is 15.3 Å². The highest BCUT2D eigenvalue weighted by Crippen LogP contribution is 2.38. The average Bonchev–Trinajstić information content (AvgIpc) is 2.49. The number of likely N-dealkylation sites (N-methyl/N-ethyl adjacent to an activating group) is 1. The second-order valence-electron chi connectivity index (χ2n) is 5.06. The molecule has 114 valence electrons. The Morgan fingerprint density at radius 2 is 1.85 bits per heavy atom. The lowest BCUT2D eigenvalue weighted by atomic mass is 9.79. The number of anilines is 1. The minimum atomic E-state index is -0.0601. The molecule has 0 bridgehead atoms. The number of hydrogen-bond acceptors (Lipinski definition) is 5. The monoisotopic (exact) mass is 279 g/mol. The van der Waals surface area contributed by atoms with Gasteiger partial charge in [-0.3, -0.25) is 16.2 Å². The minimum Gasteiger partial charge on any atom is -0.383 e. The number of nitrogens with one attached hydrogen (secondary N) is 1. The number of aromatic nitrogens is 1. The highest BCUT2D eigenvalue weighted by molar-refractivity contribution is 5.42. The van der Waals surface area contributed by atoms with Crippen LogP contribution in [0.15, 0.2) is 18.3 Å². The molecule has 0 aliphatic carbocycles. The molecule has 5 N–H and O–H groups in total. The molecule has 20 heavy (non-hydrogen) atoms. The topological polar surface area (TPSA) is 80.2 Å². The van der Waals surface area contributed by atoms with Crippen molar-refractivity contribution in [3.63, 3.8) is 0 Å². The van der Waals surface area contributed by atoms with Crippen LogP contribution in [0, 0.1) is 0 Å². The van der Waals surface area contributed by atoms with Gasteiger partial charge in [0.1, 0.15) is 5.82 Å². The summed E-state index contributed by atoms with van der Waals surface area (Å²) in [6.45, 7) is 10.7. The van der Waals surface area contributed by atoms with Crippen LogP contribution in [0.4, 0.5) is 5.82 Å². The van der Waals surface area contributed by atoms with Crippen molar-refractivity contribution in [1.29, 1.82) is 0 Å². The van der Waals surface area contributed by atoms with Gasteiger partial charge in [0.05, 0.1) is 6.04 Å². The summed E-state index contributed by atoms with van der Waals surface area (Å²) >= 11 is 0. The Bertz CT molecular complexity index is 399. The number of pyridine rings is 1. The van der Waals surface area contributed by atoms with Gasteiger partial charge >= 0.3 is 0 Å². The molecule has 0 aliphatic rings. The van der Waals surface area contributed by atoms with Crippen molar-refractivity contribution < 1.29 is 0 Å². The molecular formula is C15H29N5. The Morgan fingerprint density at radius 1 is 1.25 bits per heavy atom. The quantitative estimate of drug-likeness (QED) is 0.501. The van der Waals surface area contributed by atoms with Gasteiger partial charge in [0, 0.05) is 17.3 Å². The van der Waals surface area contributed by atoms with Gasteiger partial charge in [-0.2, -0.15) is 0 Å². The van der Waals surface area contributed by atoms with Crippen molar-refractivity contribution in [3.8, 4) is 0 Å². The third-order valence-corrected chi connectivity index (χ3v) is 4.50. The van der Waals surface area contributed by atoms with Crippen molar-refractivity contribution >= 4 is 5.82 Å². The van der Waals surface area contributed by atoms with Crippen LogP contribution in [0.1, 0.15) is 52.1 Å². The zero-order chi connectivity index (χ0) is 15.2. The largest absolute Gasteiger partial charge is 0.383 e. The third-order valence-electron chi connectivity index (χ3n) is 4.50. The Hall–Kier alpha value is -1.17. The van der Waals surface area contributed by atoms with Crippen molar-refractivity contribution in [3.05, 3.63) is 23.9 Å². The second kappa shape index (κ2) is 7.57. The summed E-state index contributed by atoms with van der Waals surface area (Å²) in [6, 6.07) is 3.89. The fourth-order valence-corrected chi connectivity index (χ4v) is 3.35. The summed E-state index contributed by atoms with van der Waals surface area (Å²) < 4.78 is 0. The number of nitrogens with zero attached hydrogens (tertiary/aromatic N) is 2. The predicted molar refractivity (Wildman–Crippen MR) is 84.9 cm³/mol. The molecule has 5 nitrogen and oxygen atoms in total. The molecule has 0 saturated carbocycles. The molecule has 1 aromatic rings. The van der Waals surface area contributed by atoms with E-state index in [1.165, 1.54) is 0 Å². The van der Waals surface area contributed by atoms with Gasteiger partial charge < -0.3 is 5.73 Å². The summed E-state index contributed by atoms with van der Waals surface area (Å²) in [5.74, 6) is 6.45. The molecule has 1 heterocycles. The van der Waals surface area contributed by atoms with E-state index < -0.39 is 0 Å². The van der Waals surface area contributed by atoms with Crippen molar-refractivity contribution in [2.75, 3.05) is 18.8 Å². The summed E-state index contributed by atoms with van der Waals surface area (Å²) in [5.41, 5.74) is 9.97. The zero-order valence-corrected chi connectivity index (χ0v) is 13.2. The van der Waals surface area contributed by atoms with Crippen molar-refractivity contribution in [2.24, 2.45) is 5.84 Å². The van der Waals surface area contributed by atoms with E-state index in [9.17, 15) is 0 Å². The Balaban J connectivity index is 3.32. The van der Waals surface area contributed by atoms with Crippen LogP contribution in [-0.2, 0) is 0 Å². The maximum atomic E-state index is 6.06.